The molecule has 7 heteroatoms. The summed E-state index contributed by atoms with van der Waals surface area (Å²) in [5.41, 5.74) is 2.07. The minimum Gasteiger partial charge on any atom is -0.339 e. The zero-order valence-corrected chi connectivity index (χ0v) is 14.1. The molecule has 2 aromatic rings. The maximum absolute atomic E-state index is 12.8. The van der Waals surface area contributed by atoms with Crippen molar-refractivity contribution in [1.29, 1.82) is 0 Å². The van der Waals surface area contributed by atoms with Crippen LogP contribution >= 0.6 is 15.9 Å². The number of hydrogen-bond acceptors (Lipinski definition) is 3. The Morgan fingerprint density at radius 1 is 1.14 bits per heavy atom. The number of pyridine rings is 1. The van der Waals surface area contributed by atoms with Crippen molar-refractivity contribution in [2.24, 2.45) is 0 Å². The molecule has 3 heterocycles. The number of nitrogens with zero attached hydrogens (tertiary/aromatic N) is 4. The molecule has 0 aliphatic carbocycles. The van der Waals surface area contributed by atoms with Gasteiger partial charge in [-0.25, -0.2) is 4.98 Å². The second kappa shape index (κ2) is 5.72. The van der Waals surface area contributed by atoms with Crippen LogP contribution in [-0.4, -0.2) is 57.2 Å². The van der Waals surface area contributed by atoms with Gasteiger partial charge in [0.2, 0.25) is 5.91 Å². The first-order valence-electron chi connectivity index (χ1n) is 7.16. The first kappa shape index (κ1) is 15.0. The Kier molecular flexibility index (Phi) is 3.90. The van der Waals surface area contributed by atoms with Gasteiger partial charge in [-0.05, 0) is 35.0 Å². The number of amides is 2. The number of fused-ring (bicyclic) bond motifs is 1. The third kappa shape index (κ3) is 2.61. The maximum atomic E-state index is 12.8. The van der Waals surface area contributed by atoms with Gasteiger partial charge in [-0.1, -0.05) is 0 Å². The predicted octanol–water partition coefficient (Wildman–Crippen LogP) is 1.71. The topological polar surface area (TPSA) is 57.9 Å². The number of imidazole rings is 1. The molecule has 3 rings (SSSR count). The van der Waals surface area contributed by atoms with Crippen molar-refractivity contribution in [1.82, 2.24) is 19.2 Å². The number of piperazine rings is 1. The molecule has 116 valence electrons. The van der Waals surface area contributed by atoms with Gasteiger partial charge in [0.25, 0.3) is 5.91 Å². The summed E-state index contributed by atoms with van der Waals surface area (Å²) in [6, 6.07) is 3.78. The second-order valence-electron chi connectivity index (χ2n) is 5.42. The molecule has 0 atom stereocenters. The first-order valence-corrected chi connectivity index (χ1v) is 7.95. The van der Waals surface area contributed by atoms with E-state index < -0.39 is 0 Å². The van der Waals surface area contributed by atoms with E-state index in [4.69, 9.17) is 0 Å². The molecule has 1 fully saturated rings. The lowest BCUT2D eigenvalue weighted by molar-refractivity contribution is -0.130. The number of halogens is 1. The van der Waals surface area contributed by atoms with E-state index in [0.717, 1.165) is 15.8 Å². The summed E-state index contributed by atoms with van der Waals surface area (Å²) >= 11 is 3.43. The molecule has 1 aliphatic heterocycles. The van der Waals surface area contributed by atoms with Gasteiger partial charge in [0.15, 0.2) is 0 Å². The molecule has 0 unspecified atom stereocenters. The zero-order valence-electron chi connectivity index (χ0n) is 12.5. The molecule has 0 radical (unpaired) electrons. The lowest BCUT2D eigenvalue weighted by atomic mass is 10.2. The number of rotatable bonds is 1. The fourth-order valence-electron chi connectivity index (χ4n) is 2.77. The highest BCUT2D eigenvalue weighted by Gasteiger charge is 2.26. The Morgan fingerprint density at radius 2 is 1.77 bits per heavy atom. The van der Waals surface area contributed by atoms with Crippen molar-refractivity contribution in [3.8, 4) is 0 Å². The Bertz CT molecular complexity index is 747. The van der Waals surface area contributed by atoms with Crippen molar-refractivity contribution in [2.45, 2.75) is 13.8 Å². The van der Waals surface area contributed by atoms with Gasteiger partial charge in [-0.15, -0.1) is 0 Å². The largest absolute Gasteiger partial charge is 0.339 e. The van der Waals surface area contributed by atoms with E-state index in [0.29, 0.717) is 31.9 Å². The molecule has 2 amide bonds. The summed E-state index contributed by atoms with van der Waals surface area (Å²) < 4.78 is 2.71. The fourth-order valence-corrected chi connectivity index (χ4v) is 3.11. The van der Waals surface area contributed by atoms with Crippen molar-refractivity contribution in [3.05, 3.63) is 34.2 Å². The second-order valence-corrected chi connectivity index (χ2v) is 6.34. The van der Waals surface area contributed by atoms with Crippen molar-refractivity contribution >= 4 is 33.4 Å². The van der Waals surface area contributed by atoms with E-state index in [1.165, 1.54) is 0 Å². The van der Waals surface area contributed by atoms with E-state index in [1.54, 1.807) is 16.7 Å². The van der Waals surface area contributed by atoms with Crippen LogP contribution in [0.1, 0.15) is 23.1 Å². The highest BCUT2D eigenvalue weighted by Crippen LogP contribution is 2.19. The third-order valence-electron chi connectivity index (χ3n) is 3.97. The van der Waals surface area contributed by atoms with Gasteiger partial charge in [0, 0.05) is 43.8 Å². The van der Waals surface area contributed by atoms with Crippen LogP contribution in [0.5, 0.6) is 0 Å². The summed E-state index contributed by atoms with van der Waals surface area (Å²) in [4.78, 5) is 32.2. The van der Waals surface area contributed by atoms with Crippen LogP contribution in [-0.2, 0) is 4.79 Å². The van der Waals surface area contributed by atoms with E-state index >= 15 is 0 Å². The van der Waals surface area contributed by atoms with E-state index in [9.17, 15) is 9.59 Å². The fraction of sp³-hybridized carbons (Fsp3) is 0.400. The average molecular weight is 365 g/mol. The van der Waals surface area contributed by atoms with Gasteiger partial charge >= 0.3 is 0 Å². The number of aromatic nitrogens is 2. The normalized spacial score (nSPS) is 15.4. The van der Waals surface area contributed by atoms with Gasteiger partial charge < -0.3 is 9.80 Å². The van der Waals surface area contributed by atoms with E-state index in [1.807, 2.05) is 29.7 Å². The monoisotopic (exact) mass is 364 g/mol. The lowest BCUT2D eigenvalue weighted by Crippen LogP contribution is -2.50. The van der Waals surface area contributed by atoms with Crippen LogP contribution < -0.4 is 0 Å². The van der Waals surface area contributed by atoms with E-state index in [-0.39, 0.29) is 11.8 Å². The van der Waals surface area contributed by atoms with Gasteiger partial charge in [0.05, 0.1) is 5.69 Å². The molecule has 0 saturated carbocycles. The predicted molar refractivity (Wildman–Crippen MR) is 85.8 cm³/mol. The standard InChI is InChI=1S/C15H17BrN4O2/c1-10-14(20-9-12(16)3-4-13(20)17-10)15(22)19-7-5-18(6-8-19)11(2)21/h3-4,9H,5-8H2,1-2H3. The molecule has 1 saturated heterocycles. The average Bonchev–Trinajstić information content (AvgIpc) is 2.82. The van der Waals surface area contributed by atoms with Crippen molar-refractivity contribution in [3.63, 3.8) is 0 Å². The zero-order chi connectivity index (χ0) is 15.9. The minimum atomic E-state index is -0.0358. The van der Waals surface area contributed by atoms with Gasteiger partial charge in [0.1, 0.15) is 11.3 Å². The maximum Gasteiger partial charge on any atom is 0.272 e. The third-order valence-corrected chi connectivity index (χ3v) is 4.44. The number of hydrogen-bond donors (Lipinski definition) is 0. The molecule has 0 N–H and O–H groups in total. The Morgan fingerprint density at radius 3 is 2.41 bits per heavy atom. The molecule has 0 spiro atoms. The van der Waals surface area contributed by atoms with Crippen LogP contribution in [0.25, 0.3) is 5.65 Å². The van der Waals surface area contributed by atoms with E-state index in [2.05, 4.69) is 20.9 Å². The SMILES string of the molecule is CC(=O)N1CCN(C(=O)c2c(C)nc3ccc(Br)cn23)CC1. The van der Waals surface area contributed by atoms with Crippen LogP contribution in [0.2, 0.25) is 0 Å². The highest BCUT2D eigenvalue weighted by molar-refractivity contribution is 9.10. The van der Waals surface area contributed by atoms with Gasteiger partial charge in [-0.3, -0.25) is 14.0 Å². The molecular weight excluding hydrogens is 348 g/mol. The quantitative estimate of drug-likeness (QED) is 0.773. The summed E-state index contributed by atoms with van der Waals surface area (Å²) in [5, 5.41) is 0. The summed E-state index contributed by atoms with van der Waals surface area (Å²) in [6.07, 6.45) is 1.86. The lowest BCUT2D eigenvalue weighted by Gasteiger charge is -2.34. The Hall–Kier alpha value is -1.89. The van der Waals surface area contributed by atoms with Crippen LogP contribution in [0, 0.1) is 6.92 Å². The molecule has 1 aliphatic rings. The van der Waals surface area contributed by atoms with Crippen molar-refractivity contribution < 1.29 is 9.59 Å². The number of carbonyl (C=O) groups excluding carboxylic acids is 2. The Balaban J connectivity index is 1.88. The first-order chi connectivity index (χ1) is 10.5. The minimum absolute atomic E-state index is 0.0358. The molecule has 0 bridgehead atoms. The van der Waals surface area contributed by atoms with Crippen LogP contribution in [0.15, 0.2) is 22.8 Å². The Labute approximate surface area is 136 Å². The van der Waals surface area contributed by atoms with Crippen molar-refractivity contribution in [2.75, 3.05) is 26.2 Å². The number of carbonyl (C=O) groups is 2. The van der Waals surface area contributed by atoms with Gasteiger partial charge in [-0.2, -0.15) is 0 Å². The molecule has 0 aromatic carbocycles. The molecule has 2 aromatic heterocycles. The number of aryl methyl sites for hydroxylation is 1. The molecular formula is C15H17BrN4O2. The summed E-state index contributed by atoms with van der Waals surface area (Å²) in [5.74, 6) is 0.0216. The smallest absolute Gasteiger partial charge is 0.272 e. The summed E-state index contributed by atoms with van der Waals surface area (Å²) in [6.45, 7) is 5.68. The molecule has 6 nitrogen and oxygen atoms in total. The van der Waals surface area contributed by atoms with Crippen LogP contribution in [0.4, 0.5) is 0 Å². The van der Waals surface area contributed by atoms with Crippen LogP contribution in [0.3, 0.4) is 0 Å². The highest BCUT2D eigenvalue weighted by atomic mass is 79.9. The summed E-state index contributed by atoms with van der Waals surface area (Å²) in [7, 11) is 0. The molecule has 22 heavy (non-hydrogen) atoms.